The molecule has 1 N–H and O–H groups in total. The number of ether oxygens (including phenoxy) is 1. The lowest BCUT2D eigenvalue weighted by Crippen LogP contribution is -2.38. The molecule has 8 heteroatoms. The SMILES string of the molecule is CNc1ncnc(N(CCOC)C(C)C2CC2)c1[N+](=O)[O-]. The molecular formula is C13H21N5O3. The van der Waals surface area contributed by atoms with Crippen LogP contribution in [0.5, 0.6) is 0 Å². The minimum absolute atomic E-state index is 0.0800. The molecule has 0 saturated heterocycles. The molecule has 0 aliphatic heterocycles. The first-order valence-corrected chi connectivity index (χ1v) is 7.02. The molecular weight excluding hydrogens is 274 g/mol. The summed E-state index contributed by atoms with van der Waals surface area (Å²) in [6.45, 7) is 3.14. The Hall–Kier alpha value is -1.96. The van der Waals surface area contributed by atoms with Crippen molar-refractivity contribution in [2.75, 3.05) is 37.5 Å². The molecule has 1 atom stereocenters. The summed E-state index contributed by atoms with van der Waals surface area (Å²) in [5.41, 5.74) is -0.0800. The Kier molecular flexibility index (Phi) is 4.89. The first-order chi connectivity index (χ1) is 10.1. The number of nitrogens with one attached hydrogen (secondary N) is 1. The van der Waals surface area contributed by atoms with Crippen molar-refractivity contribution in [1.29, 1.82) is 0 Å². The van der Waals surface area contributed by atoms with Gasteiger partial charge in [0.25, 0.3) is 0 Å². The second-order valence-corrected chi connectivity index (χ2v) is 5.17. The van der Waals surface area contributed by atoms with E-state index in [-0.39, 0.29) is 17.5 Å². The monoisotopic (exact) mass is 295 g/mol. The average Bonchev–Trinajstić information content (AvgIpc) is 3.31. The third-order valence-electron chi connectivity index (χ3n) is 3.83. The van der Waals surface area contributed by atoms with Crippen LogP contribution in [0.15, 0.2) is 6.33 Å². The Bertz CT molecular complexity index is 507. The molecule has 1 unspecified atom stereocenters. The highest BCUT2D eigenvalue weighted by Gasteiger charge is 2.36. The number of rotatable bonds is 8. The normalized spacial score (nSPS) is 15.6. The van der Waals surface area contributed by atoms with Gasteiger partial charge in [-0.05, 0) is 25.7 Å². The fourth-order valence-corrected chi connectivity index (χ4v) is 2.46. The van der Waals surface area contributed by atoms with E-state index in [0.717, 1.165) is 12.8 Å². The molecule has 0 amide bonds. The summed E-state index contributed by atoms with van der Waals surface area (Å²) in [5, 5.41) is 14.2. The van der Waals surface area contributed by atoms with Gasteiger partial charge in [-0.15, -0.1) is 0 Å². The summed E-state index contributed by atoms with van der Waals surface area (Å²) >= 11 is 0. The highest BCUT2D eigenvalue weighted by atomic mass is 16.6. The molecule has 0 bridgehead atoms. The number of hydrogen-bond donors (Lipinski definition) is 1. The molecule has 2 rings (SSSR count). The molecule has 1 aromatic heterocycles. The molecule has 1 heterocycles. The summed E-state index contributed by atoms with van der Waals surface area (Å²) in [6, 6.07) is 0.193. The Morgan fingerprint density at radius 3 is 2.81 bits per heavy atom. The zero-order chi connectivity index (χ0) is 15.4. The van der Waals surface area contributed by atoms with Crippen LogP contribution >= 0.6 is 0 Å². The Morgan fingerprint density at radius 2 is 2.29 bits per heavy atom. The van der Waals surface area contributed by atoms with Gasteiger partial charge in [-0.3, -0.25) is 10.1 Å². The molecule has 1 saturated carbocycles. The number of methoxy groups -OCH3 is 1. The van der Waals surface area contributed by atoms with Crippen molar-refractivity contribution in [3.05, 3.63) is 16.4 Å². The maximum atomic E-state index is 11.4. The third kappa shape index (κ3) is 3.38. The van der Waals surface area contributed by atoms with E-state index < -0.39 is 4.92 Å². The average molecular weight is 295 g/mol. The second kappa shape index (κ2) is 6.66. The molecule has 0 radical (unpaired) electrons. The van der Waals surface area contributed by atoms with E-state index in [9.17, 15) is 10.1 Å². The summed E-state index contributed by atoms with van der Waals surface area (Å²) < 4.78 is 5.13. The van der Waals surface area contributed by atoms with Crippen LogP contribution in [0.25, 0.3) is 0 Å². The van der Waals surface area contributed by atoms with Gasteiger partial charge in [-0.1, -0.05) is 0 Å². The van der Waals surface area contributed by atoms with Crippen LogP contribution in [-0.2, 0) is 4.74 Å². The van der Waals surface area contributed by atoms with Crippen molar-refractivity contribution in [2.45, 2.75) is 25.8 Å². The molecule has 116 valence electrons. The first-order valence-electron chi connectivity index (χ1n) is 7.02. The van der Waals surface area contributed by atoms with Gasteiger partial charge in [0.15, 0.2) is 0 Å². The first kappa shape index (κ1) is 15.4. The second-order valence-electron chi connectivity index (χ2n) is 5.17. The van der Waals surface area contributed by atoms with E-state index in [1.54, 1.807) is 14.2 Å². The predicted molar refractivity (Wildman–Crippen MR) is 79.6 cm³/mol. The van der Waals surface area contributed by atoms with Gasteiger partial charge in [0.05, 0.1) is 11.5 Å². The summed E-state index contributed by atoms with van der Waals surface area (Å²) in [4.78, 5) is 21.1. The zero-order valence-corrected chi connectivity index (χ0v) is 12.6. The van der Waals surface area contributed by atoms with Crippen LogP contribution in [0.1, 0.15) is 19.8 Å². The topological polar surface area (TPSA) is 93.4 Å². The van der Waals surface area contributed by atoms with Crippen molar-refractivity contribution in [1.82, 2.24) is 9.97 Å². The van der Waals surface area contributed by atoms with E-state index in [2.05, 4.69) is 22.2 Å². The molecule has 1 aromatic rings. The number of aromatic nitrogens is 2. The van der Waals surface area contributed by atoms with Gasteiger partial charge in [0, 0.05) is 26.7 Å². The number of hydrogen-bond acceptors (Lipinski definition) is 7. The van der Waals surface area contributed by atoms with Crippen LogP contribution in [0.2, 0.25) is 0 Å². The Labute approximate surface area is 123 Å². The largest absolute Gasteiger partial charge is 0.383 e. The van der Waals surface area contributed by atoms with Gasteiger partial charge in [-0.2, -0.15) is 0 Å². The number of nitro groups is 1. The molecule has 21 heavy (non-hydrogen) atoms. The minimum atomic E-state index is -0.430. The maximum absolute atomic E-state index is 11.4. The highest BCUT2D eigenvalue weighted by Crippen LogP contribution is 2.39. The summed E-state index contributed by atoms with van der Waals surface area (Å²) in [5.74, 6) is 1.15. The summed E-state index contributed by atoms with van der Waals surface area (Å²) in [7, 11) is 3.23. The molecule has 0 aromatic carbocycles. The minimum Gasteiger partial charge on any atom is -0.383 e. The van der Waals surface area contributed by atoms with Gasteiger partial charge in [-0.25, -0.2) is 9.97 Å². The van der Waals surface area contributed by atoms with Crippen LogP contribution < -0.4 is 10.2 Å². The van der Waals surface area contributed by atoms with E-state index in [4.69, 9.17) is 4.74 Å². The van der Waals surface area contributed by atoms with Crippen molar-refractivity contribution in [2.24, 2.45) is 5.92 Å². The molecule has 8 nitrogen and oxygen atoms in total. The van der Waals surface area contributed by atoms with Crippen molar-refractivity contribution < 1.29 is 9.66 Å². The Morgan fingerprint density at radius 1 is 1.57 bits per heavy atom. The summed E-state index contributed by atoms with van der Waals surface area (Å²) in [6.07, 6.45) is 3.67. The quantitative estimate of drug-likeness (QED) is 0.576. The molecule has 0 spiro atoms. The van der Waals surface area contributed by atoms with Gasteiger partial charge in [0.1, 0.15) is 6.33 Å². The molecule has 1 fully saturated rings. The molecule has 1 aliphatic carbocycles. The van der Waals surface area contributed by atoms with Crippen molar-refractivity contribution in [3.63, 3.8) is 0 Å². The van der Waals surface area contributed by atoms with Crippen LogP contribution in [0, 0.1) is 16.0 Å². The fraction of sp³-hybridized carbons (Fsp3) is 0.692. The lowest BCUT2D eigenvalue weighted by atomic mass is 10.1. The smallest absolute Gasteiger partial charge is 0.353 e. The van der Waals surface area contributed by atoms with E-state index in [1.165, 1.54) is 6.33 Å². The van der Waals surface area contributed by atoms with Crippen LogP contribution in [-0.4, -0.2) is 48.2 Å². The lowest BCUT2D eigenvalue weighted by Gasteiger charge is -2.30. The fourth-order valence-electron chi connectivity index (χ4n) is 2.46. The predicted octanol–water partition coefficient (Wildman–Crippen LogP) is 1.68. The zero-order valence-electron chi connectivity index (χ0n) is 12.6. The lowest BCUT2D eigenvalue weighted by molar-refractivity contribution is -0.383. The third-order valence-corrected chi connectivity index (χ3v) is 3.83. The molecule has 1 aliphatic rings. The van der Waals surface area contributed by atoms with E-state index in [1.807, 2.05) is 4.90 Å². The van der Waals surface area contributed by atoms with Gasteiger partial charge in [0.2, 0.25) is 11.6 Å². The van der Waals surface area contributed by atoms with Gasteiger partial charge < -0.3 is 15.0 Å². The van der Waals surface area contributed by atoms with Crippen molar-refractivity contribution in [3.8, 4) is 0 Å². The van der Waals surface area contributed by atoms with Crippen LogP contribution in [0.3, 0.4) is 0 Å². The van der Waals surface area contributed by atoms with Gasteiger partial charge >= 0.3 is 5.69 Å². The maximum Gasteiger partial charge on any atom is 0.353 e. The standard InChI is InChI=1S/C13H21N5O3/c1-9(10-4-5-10)17(6-7-21-3)13-11(18(19)20)12(14-2)15-8-16-13/h8-10H,4-7H2,1-3H3,(H,14,15,16). The highest BCUT2D eigenvalue weighted by molar-refractivity contribution is 5.70. The number of anilines is 2. The van der Waals surface area contributed by atoms with E-state index in [0.29, 0.717) is 24.9 Å². The van der Waals surface area contributed by atoms with Crippen molar-refractivity contribution >= 4 is 17.3 Å². The number of nitrogens with zero attached hydrogens (tertiary/aromatic N) is 4. The van der Waals surface area contributed by atoms with Crippen LogP contribution in [0.4, 0.5) is 17.3 Å². The Balaban J connectivity index is 2.40. The van der Waals surface area contributed by atoms with E-state index >= 15 is 0 Å².